The van der Waals surface area contributed by atoms with Crippen molar-refractivity contribution in [2.45, 2.75) is 25.4 Å². The lowest BCUT2D eigenvalue weighted by atomic mass is 9.89. The van der Waals surface area contributed by atoms with Gasteiger partial charge in [0.2, 0.25) is 0 Å². The van der Waals surface area contributed by atoms with Crippen molar-refractivity contribution in [3.8, 4) is 0 Å². The van der Waals surface area contributed by atoms with Crippen molar-refractivity contribution in [3.63, 3.8) is 0 Å². The SMILES string of the molecule is CNc1cc(C(C)(C)C(F)(F)F)on1. The van der Waals surface area contributed by atoms with Crippen LogP contribution in [0.25, 0.3) is 0 Å². The molecular formula is C8H11F3N2O. The zero-order valence-electron chi connectivity index (χ0n) is 8.07. The molecule has 1 heterocycles. The van der Waals surface area contributed by atoms with E-state index in [0.717, 1.165) is 13.8 Å². The van der Waals surface area contributed by atoms with Gasteiger partial charge in [-0.05, 0) is 13.8 Å². The maximum atomic E-state index is 12.5. The van der Waals surface area contributed by atoms with Crippen molar-refractivity contribution in [2.75, 3.05) is 12.4 Å². The van der Waals surface area contributed by atoms with Crippen molar-refractivity contribution >= 4 is 5.82 Å². The first-order valence-corrected chi connectivity index (χ1v) is 4.00. The van der Waals surface area contributed by atoms with Crippen molar-refractivity contribution in [1.82, 2.24) is 5.16 Å². The molecule has 1 aromatic heterocycles. The summed E-state index contributed by atoms with van der Waals surface area (Å²) < 4.78 is 42.2. The first-order chi connectivity index (χ1) is 6.29. The van der Waals surface area contributed by atoms with Crippen LogP contribution >= 0.6 is 0 Å². The Morgan fingerprint density at radius 2 is 1.93 bits per heavy atom. The summed E-state index contributed by atoms with van der Waals surface area (Å²) in [5.41, 5.74) is -2.02. The van der Waals surface area contributed by atoms with E-state index in [1.807, 2.05) is 0 Å². The maximum absolute atomic E-state index is 12.5. The molecule has 1 aromatic rings. The zero-order chi connectivity index (χ0) is 11.0. The Bertz CT molecular complexity index is 317. The van der Waals surface area contributed by atoms with Crippen molar-refractivity contribution in [3.05, 3.63) is 11.8 Å². The first kappa shape index (κ1) is 10.9. The van der Waals surface area contributed by atoms with E-state index in [0.29, 0.717) is 0 Å². The predicted molar refractivity (Wildman–Crippen MR) is 45.1 cm³/mol. The molecule has 0 bridgehead atoms. The molecule has 0 aliphatic rings. The molecule has 0 amide bonds. The minimum Gasteiger partial charge on any atom is -0.370 e. The lowest BCUT2D eigenvalue weighted by Gasteiger charge is -2.24. The number of alkyl halides is 3. The van der Waals surface area contributed by atoms with Crippen LogP contribution in [0.4, 0.5) is 19.0 Å². The molecule has 0 spiro atoms. The Hall–Kier alpha value is -1.20. The van der Waals surface area contributed by atoms with E-state index < -0.39 is 11.6 Å². The van der Waals surface area contributed by atoms with Gasteiger partial charge in [-0.1, -0.05) is 5.16 Å². The number of nitrogens with one attached hydrogen (secondary N) is 1. The van der Waals surface area contributed by atoms with Crippen molar-refractivity contribution < 1.29 is 17.7 Å². The van der Waals surface area contributed by atoms with E-state index in [1.54, 1.807) is 7.05 Å². The van der Waals surface area contributed by atoms with Crippen molar-refractivity contribution in [1.29, 1.82) is 0 Å². The first-order valence-electron chi connectivity index (χ1n) is 4.00. The zero-order valence-corrected chi connectivity index (χ0v) is 8.07. The van der Waals surface area contributed by atoms with Crippen LogP contribution in [0.2, 0.25) is 0 Å². The number of rotatable bonds is 2. The van der Waals surface area contributed by atoms with Crippen LogP contribution in [-0.2, 0) is 5.41 Å². The number of anilines is 1. The Labute approximate surface area is 79.3 Å². The molecule has 0 atom stereocenters. The van der Waals surface area contributed by atoms with Crippen LogP contribution < -0.4 is 5.32 Å². The molecule has 0 saturated carbocycles. The van der Waals surface area contributed by atoms with Crippen LogP contribution in [0.15, 0.2) is 10.6 Å². The highest BCUT2D eigenvalue weighted by molar-refractivity contribution is 5.35. The summed E-state index contributed by atoms with van der Waals surface area (Å²) in [6.07, 6.45) is -4.35. The minimum atomic E-state index is -4.35. The van der Waals surface area contributed by atoms with Gasteiger partial charge >= 0.3 is 6.18 Å². The van der Waals surface area contributed by atoms with Crippen molar-refractivity contribution in [2.24, 2.45) is 0 Å². The third-order valence-electron chi connectivity index (χ3n) is 2.09. The Balaban J connectivity index is 3.04. The molecule has 1 N–H and O–H groups in total. The predicted octanol–water partition coefficient (Wildman–Crippen LogP) is 2.56. The van der Waals surface area contributed by atoms with Gasteiger partial charge in [0.05, 0.1) is 0 Å². The van der Waals surface area contributed by atoms with E-state index >= 15 is 0 Å². The molecule has 0 aliphatic carbocycles. The second kappa shape index (κ2) is 3.18. The molecule has 0 aliphatic heterocycles. The van der Waals surface area contributed by atoms with Gasteiger partial charge in [-0.2, -0.15) is 13.2 Å². The van der Waals surface area contributed by atoms with E-state index in [4.69, 9.17) is 0 Å². The molecule has 0 unspecified atom stereocenters. The standard InChI is InChI=1S/C8H11F3N2O/c1-7(2,8(9,10)11)5-4-6(12-3)13-14-5/h4H,1-3H3,(H,12,13). The molecule has 0 radical (unpaired) electrons. The monoisotopic (exact) mass is 208 g/mol. The fraction of sp³-hybridized carbons (Fsp3) is 0.625. The van der Waals surface area contributed by atoms with Gasteiger partial charge in [-0.15, -0.1) is 0 Å². The minimum absolute atomic E-state index is 0.200. The molecule has 0 saturated heterocycles. The average Bonchev–Trinajstić information content (AvgIpc) is 2.49. The number of nitrogens with zero attached hydrogens (tertiary/aromatic N) is 1. The summed E-state index contributed by atoms with van der Waals surface area (Å²) in [4.78, 5) is 0. The van der Waals surface area contributed by atoms with E-state index in [9.17, 15) is 13.2 Å². The lowest BCUT2D eigenvalue weighted by Crippen LogP contribution is -2.35. The third kappa shape index (κ3) is 1.69. The number of hydrogen-bond donors (Lipinski definition) is 1. The second-order valence-electron chi connectivity index (χ2n) is 3.45. The molecule has 1 rings (SSSR count). The van der Waals surface area contributed by atoms with Gasteiger partial charge in [-0.3, -0.25) is 0 Å². The average molecular weight is 208 g/mol. The molecule has 14 heavy (non-hydrogen) atoms. The van der Waals surface area contributed by atoms with E-state index in [2.05, 4.69) is 15.0 Å². The number of aromatic nitrogens is 1. The molecule has 6 heteroatoms. The topological polar surface area (TPSA) is 38.1 Å². The van der Waals surface area contributed by atoms with E-state index in [-0.39, 0.29) is 11.6 Å². The van der Waals surface area contributed by atoms with Gasteiger partial charge in [-0.25, -0.2) is 0 Å². The van der Waals surface area contributed by atoms with Gasteiger partial charge in [0.15, 0.2) is 11.6 Å². The summed E-state index contributed by atoms with van der Waals surface area (Å²) in [6.45, 7) is 2.10. The highest BCUT2D eigenvalue weighted by Crippen LogP contribution is 2.40. The number of hydrogen-bond acceptors (Lipinski definition) is 3. The van der Waals surface area contributed by atoms with Gasteiger partial charge in [0.25, 0.3) is 0 Å². The van der Waals surface area contributed by atoms with Crippen LogP contribution in [0.3, 0.4) is 0 Å². The van der Waals surface area contributed by atoms with Crippen LogP contribution in [-0.4, -0.2) is 18.4 Å². The highest BCUT2D eigenvalue weighted by Gasteiger charge is 2.51. The largest absolute Gasteiger partial charge is 0.401 e. The fourth-order valence-electron chi connectivity index (χ4n) is 0.827. The summed E-state index contributed by atoms with van der Waals surface area (Å²) in [5.74, 6) is 0.0895. The Morgan fingerprint density at radius 3 is 2.29 bits per heavy atom. The van der Waals surface area contributed by atoms with Gasteiger partial charge in [0.1, 0.15) is 5.41 Å². The Morgan fingerprint density at radius 1 is 1.36 bits per heavy atom. The molecular weight excluding hydrogens is 197 g/mol. The molecule has 0 fully saturated rings. The molecule has 3 nitrogen and oxygen atoms in total. The van der Waals surface area contributed by atoms with Crippen LogP contribution in [0.1, 0.15) is 19.6 Å². The Kier molecular flexibility index (Phi) is 2.47. The van der Waals surface area contributed by atoms with Crippen LogP contribution in [0, 0.1) is 0 Å². The fourth-order valence-corrected chi connectivity index (χ4v) is 0.827. The summed E-state index contributed by atoms with van der Waals surface area (Å²) in [7, 11) is 1.56. The van der Waals surface area contributed by atoms with Gasteiger partial charge in [0, 0.05) is 13.1 Å². The second-order valence-corrected chi connectivity index (χ2v) is 3.45. The summed E-state index contributed by atoms with van der Waals surface area (Å²) in [5, 5.41) is 6.03. The molecule has 80 valence electrons. The van der Waals surface area contributed by atoms with Gasteiger partial charge < -0.3 is 9.84 Å². The summed E-state index contributed by atoms with van der Waals surface area (Å²) >= 11 is 0. The lowest BCUT2D eigenvalue weighted by molar-refractivity contribution is -0.185. The normalized spacial score (nSPS) is 13.0. The highest BCUT2D eigenvalue weighted by atomic mass is 19.4. The summed E-state index contributed by atoms with van der Waals surface area (Å²) in [6, 6.07) is 1.24. The molecule has 0 aromatic carbocycles. The number of halogens is 3. The maximum Gasteiger partial charge on any atom is 0.401 e. The quantitative estimate of drug-likeness (QED) is 0.811. The smallest absolute Gasteiger partial charge is 0.370 e. The van der Waals surface area contributed by atoms with Crippen LogP contribution in [0.5, 0.6) is 0 Å². The van der Waals surface area contributed by atoms with E-state index in [1.165, 1.54) is 6.07 Å². The third-order valence-corrected chi connectivity index (χ3v) is 2.09.